The maximum atomic E-state index is 10.4. The number of aliphatic carboxylic acids is 1. The Morgan fingerprint density at radius 2 is 1.71 bits per heavy atom. The van der Waals surface area contributed by atoms with Crippen molar-refractivity contribution in [1.29, 1.82) is 0 Å². The van der Waals surface area contributed by atoms with Gasteiger partial charge in [-0.1, -0.05) is 0 Å². The number of carbonyl (C=O) groups is 2. The molecule has 84 valence electrons. The van der Waals surface area contributed by atoms with Crippen molar-refractivity contribution >= 4 is 37.2 Å². The van der Waals surface area contributed by atoms with Gasteiger partial charge in [-0.2, -0.15) is 25.3 Å². The summed E-state index contributed by atoms with van der Waals surface area (Å²) in [6.45, 7) is 2.25. The summed E-state index contributed by atoms with van der Waals surface area (Å²) in [5, 5.41) is 7.86. The molecule has 0 heterocycles. The molecule has 0 fully saturated rings. The van der Waals surface area contributed by atoms with E-state index in [0.29, 0.717) is 24.5 Å². The van der Waals surface area contributed by atoms with Crippen LogP contribution in [0.2, 0.25) is 0 Å². The summed E-state index contributed by atoms with van der Waals surface area (Å²) in [5.41, 5.74) is 0. The first kappa shape index (κ1) is 16.1. The molecule has 6 heteroatoms. The highest BCUT2D eigenvalue weighted by atomic mass is 32.1. The van der Waals surface area contributed by atoms with Crippen molar-refractivity contribution in [3.8, 4) is 0 Å². The molecular weight excluding hydrogens is 224 g/mol. The van der Waals surface area contributed by atoms with Crippen molar-refractivity contribution in [2.75, 3.05) is 18.1 Å². The molecule has 0 saturated heterocycles. The molecule has 0 unspecified atom stereocenters. The molecule has 0 spiro atoms. The summed E-state index contributed by atoms with van der Waals surface area (Å²) >= 11 is 7.53. The average Bonchev–Trinajstić information content (AvgIpc) is 2.05. The zero-order valence-corrected chi connectivity index (χ0v) is 9.89. The number of carboxylic acid groups (broad SMARTS) is 1. The van der Waals surface area contributed by atoms with E-state index in [1.807, 2.05) is 0 Å². The molecule has 0 aliphatic rings. The number of esters is 1. The van der Waals surface area contributed by atoms with E-state index in [1.54, 1.807) is 6.92 Å². The number of carbonyl (C=O) groups excluding carboxylic acids is 1. The number of hydrogen-bond donors (Lipinski definition) is 3. The van der Waals surface area contributed by atoms with Gasteiger partial charge in [0.05, 0.1) is 19.4 Å². The number of ether oxygens (including phenoxy) is 1. The van der Waals surface area contributed by atoms with E-state index in [9.17, 15) is 9.59 Å². The molecule has 0 radical (unpaired) electrons. The number of carboxylic acids is 1. The zero-order valence-electron chi connectivity index (χ0n) is 8.10. The van der Waals surface area contributed by atoms with E-state index in [-0.39, 0.29) is 12.4 Å². The molecule has 14 heavy (non-hydrogen) atoms. The highest BCUT2D eigenvalue weighted by molar-refractivity contribution is 7.80. The lowest BCUT2D eigenvalue weighted by Gasteiger charge is -1.96. The van der Waals surface area contributed by atoms with Gasteiger partial charge < -0.3 is 9.84 Å². The molecule has 4 nitrogen and oxygen atoms in total. The maximum Gasteiger partial charge on any atom is 0.306 e. The van der Waals surface area contributed by atoms with E-state index in [1.165, 1.54) is 0 Å². The van der Waals surface area contributed by atoms with Crippen LogP contribution in [-0.2, 0) is 14.3 Å². The van der Waals surface area contributed by atoms with Crippen LogP contribution in [0.5, 0.6) is 0 Å². The number of rotatable bonds is 5. The van der Waals surface area contributed by atoms with Gasteiger partial charge in [0.15, 0.2) is 0 Å². The SMILES string of the molecule is CCOC(=O)CCS.O=C(O)CCS. The smallest absolute Gasteiger partial charge is 0.306 e. The van der Waals surface area contributed by atoms with Crippen molar-refractivity contribution in [3.63, 3.8) is 0 Å². The van der Waals surface area contributed by atoms with Gasteiger partial charge >= 0.3 is 11.9 Å². The summed E-state index contributed by atoms with van der Waals surface area (Å²) < 4.78 is 4.59. The molecule has 0 aromatic carbocycles. The Balaban J connectivity index is 0. The molecule has 0 amide bonds. The third kappa shape index (κ3) is 17.7. The lowest BCUT2D eigenvalue weighted by Crippen LogP contribution is -2.03. The average molecular weight is 240 g/mol. The van der Waals surface area contributed by atoms with Gasteiger partial charge in [-0.3, -0.25) is 9.59 Å². The van der Waals surface area contributed by atoms with Crippen molar-refractivity contribution in [2.45, 2.75) is 19.8 Å². The fraction of sp³-hybridized carbons (Fsp3) is 0.750. The molecule has 0 aliphatic carbocycles. The van der Waals surface area contributed by atoms with Gasteiger partial charge in [0.2, 0.25) is 0 Å². The molecule has 0 aliphatic heterocycles. The number of thiol groups is 2. The van der Waals surface area contributed by atoms with Crippen molar-refractivity contribution in [3.05, 3.63) is 0 Å². The standard InChI is InChI=1S/C5H10O2S.C3H6O2S/c1-2-7-5(6)3-4-8;4-3(5)1-2-6/h8H,2-4H2,1H3;6H,1-2H2,(H,4,5). The summed E-state index contributed by atoms with van der Waals surface area (Å²) in [7, 11) is 0. The van der Waals surface area contributed by atoms with Crippen LogP contribution in [0.4, 0.5) is 0 Å². The highest BCUT2D eigenvalue weighted by Gasteiger charge is 1.95. The van der Waals surface area contributed by atoms with Crippen LogP contribution < -0.4 is 0 Å². The molecule has 0 atom stereocenters. The second-order valence-corrected chi connectivity index (χ2v) is 3.04. The minimum Gasteiger partial charge on any atom is -0.481 e. The van der Waals surface area contributed by atoms with Crippen LogP contribution in [-0.4, -0.2) is 35.2 Å². The van der Waals surface area contributed by atoms with Crippen LogP contribution in [0.3, 0.4) is 0 Å². The molecule has 1 N–H and O–H groups in total. The van der Waals surface area contributed by atoms with E-state index in [4.69, 9.17) is 5.11 Å². The predicted octanol–water partition coefficient (Wildman–Crippen LogP) is 1.26. The fourth-order valence-electron chi connectivity index (χ4n) is 0.420. The molecule has 0 aromatic rings. The van der Waals surface area contributed by atoms with Crippen LogP contribution in [0, 0.1) is 0 Å². The molecular formula is C8H16O4S2. The molecule has 0 bridgehead atoms. The highest BCUT2D eigenvalue weighted by Crippen LogP contribution is 1.87. The largest absolute Gasteiger partial charge is 0.481 e. The lowest BCUT2D eigenvalue weighted by atomic mass is 10.5. The number of hydrogen-bond acceptors (Lipinski definition) is 5. The van der Waals surface area contributed by atoms with E-state index in [2.05, 4.69) is 30.0 Å². The summed E-state index contributed by atoms with van der Waals surface area (Å²) in [4.78, 5) is 19.9. The third-order valence-electron chi connectivity index (χ3n) is 0.947. The van der Waals surface area contributed by atoms with Gasteiger partial charge in [0, 0.05) is 11.5 Å². The maximum absolute atomic E-state index is 10.4. The van der Waals surface area contributed by atoms with Crippen LogP contribution >= 0.6 is 25.3 Å². The van der Waals surface area contributed by atoms with Crippen LogP contribution in [0.15, 0.2) is 0 Å². The second-order valence-electron chi connectivity index (χ2n) is 2.15. The summed E-state index contributed by atoms with van der Waals surface area (Å²) in [6, 6.07) is 0. The zero-order chi connectivity index (χ0) is 11.4. The van der Waals surface area contributed by atoms with E-state index >= 15 is 0 Å². The Bertz CT molecular complexity index is 153. The van der Waals surface area contributed by atoms with Crippen molar-refractivity contribution < 1.29 is 19.4 Å². The minimum absolute atomic E-state index is 0.156. The Hall–Kier alpha value is -0.360. The Morgan fingerprint density at radius 3 is 1.93 bits per heavy atom. The van der Waals surface area contributed by atoms with Crippen molar-refractivity contribution in [2.24, 2.45) is 0 Å². The molecule has 0 saturated carbocycles. The first-order valence-electron chi connectivity index (χ1n) is 4.17. The van der Waals surface area contributed by atoms with Gasteiger partial charge in [0.25, 0.3) is 0 Å². The minimum atomic E-state index is -0.787. The fourth-order valence-corrected chi connectivity index (χ4v) is 0.794. The second kappa shape index (κ2) is 12.6. The Morgan fingerprint density at radius 1 is 1.21 bits per heavy atom. The molecule has 0 aromatic heterocycles. The Kier molecular flexibility index (Phi) is 14.5. The monoisotopic (exact) mass is 240 g/mol. The van der Waals surface area contributed by atoms with Gasteiger partial charge in [-0.25, -0.2) is 0 Å². The molecule has 0 rings (SSSR count). The first-order chi connectivity index (χ1) is 6.58. The predicted molar refractivity (Wildman–Crippen MR) is 61.2 cm³/mol. The van der Waals surface area contributed by atoms with E-state index in [0.717, 1.165) is 0 Å². The van der Waals surface area contributed by atoms with Crippen LogP contribution in [0.1, 0.15) is 19.8 Å². The summed E-state index contributed by atoms with van der Waals surface area (Å²) in [5.74, 6) is 0.0428. The first-order valence-corrected chi connectivity index (χ1v) is 5.44. The van der Waals surface area contributed by atoms with Gasteiger partial charge in [-0.15, -0.1) is 0 Å². The summed E-state index contributed by atoms with van der Waals surface area (Å²) in [6.07, 6.45) is 0.570. The van der Waals surface area contributed by atoms with Crippen molar-refractivity contribution in [1.82, 2.24) is 0 Å². The van der Waals surface area contributed by atoms with Gasteiger partial charge in [0.1, 0.15) is 0 Å². The quantitative estimate of drug-likeness (QED) is 0.500. The van der Waals surface area contributed by atoms with Gasteiger partial charge in [-0.05, 0) is 6.92 Å². The topological polar surface area (TPSA) is 63.6 Å². The van der Waals surface area contributed by atoms with E-state index < -0.39 is 5.97 Å². The Labute approximate surface area is 94.8 Å². The normalized spacial score (nSPS) is 8.50. The van der Waals surface area contributed by atoms with Crippen LogP contribution in [0.25, 0.3) is 0 Å². The third-order valence-corrected chi connectivity index (χ3v) is 1.39. The lowest BCUT2D eigenvalue weighted by molar-refractivity contribution is -0.142.